The summed E-state index contributed by atoms with van der Waals surface area (Å²) < 4.78 is 41.2. The summed E-state index contributed by atoms with van der Waals surface area (Å²) in [6, 6.07) is 35.0. The minimum Gasteiger partial charge on any atom is -0.497 e. The van der Waals surface area contributed by atoms with Crippen LogP contribution in [0.5, 0.6) is 11.5 Å². The zero-order valence-corrected chi connectivity index (χ0v) is 38.1. The Kier molecular flexibility index (Phi) is 12.3. The number of carbonyl (C=O) groups excluding carboxylic acids is 1. The molecule has 0 bridgehead atoms. The van der Waals surface area contributed by atoms with Crippen molar-refractivity contribution < 1.29 is 32.8 Å². The van der Waals surface area contributed by atoms with Gasteiger partial charge in [0.2, 0.25) is 5.69 Å². The van der Waals surface area contributed by atoms with Crippen molar-refractivity contribution in [3.05, 3.63) is 156 Å². The molecular formula is C48H50N5O7PS2. The first kappa shape index (κ1) is 43.3. The molecule has 4 heterocycles. The second kappa shape index (κ2) is 17.9. The van der Waals surface area contributed by atoms with Crippen LogP contribution in [0.15, 0.2) is 134 Å². The number of hydrogen-bond acceptors (Lipinski definition) is 12. The first-order valence-electron chi connectivity index (χ1n) is 21.0. The fraction of sp³-hybridized carbons (Fsp3) is 0.333. The van der Waals surface area contributed by atoms with Gasteiger partial charge in [0, 0.05) is 16.7 Å². The Morgan fingerprint density at radius 1 is 0.921 bits per heavy atom. The van der Waals surface area contributed by atoms with Gasteiger partial charge in [0.05, 0.1) is 39.4 Å². The number of anilines is 1. The molecule has 2 aromatic heterocycles. The van der Waals surface area contributed by atoms with Gasteiger partial charge in [-0.25, -0.2) is 15.0 Å². The third-order valence-corrected chi connectivity index (χ3v) is 18.2. The summed E-state index contributed by atoms with van der Waals surface area (Å²) in [5, 5.41) is 2.91. The van der Waals surface area contributed by atoms with Gasteiger partial charge in [-0.2, -0.15) is 0 Å². The van der Waals surface area contributed by atoms with Crippen molar-refractivity contribution in [3.63, 3.8) is 0 Å². The predicted octanol–water partition coefficient (Wildman–Crippen LogP) is 10.3. The summed E-state index contributed by atoms with van der Waals surface area (Å²) in [6.07, 6.45) is 4.56. The van der Waals surface area contributed by atoms with Crippen LogP contribution in [0.1, 0.15) is 72.8 Å². The van der Waals surface area contributed by atoms with Crippen LogP contribution in [0.3, 0.4) is 0 Å². The third kappa shape index (κ3) is 8.58. The third-order valence-electron chi connectivity index (χ3n) is 12.5. The highest BCUT2D eigenvalue weighted by atomic mass is 32.9. The Morgan fingerprint density at radius 2 is 1.56 bits per heavy atom. The normalized spacial score (nSPS) is 25.7. The van der Waals surface area contributed by atoms with E-state index in [1.165, 1.54) is 11.9 Å². The summed E-state index contributed by atoms with van der Waals surface area (Å²) in [5.41, 5.74) is 1.29. The smallest absolute Gasteiger partial charge is 0.256 e. The molecule has 1 N–H and O–H groups in total. The minimum absolute atomic E-state index is 0.0497. The molecule has 7 atom stereocenters. The zero-order valence-electron chi connectivity index (χ0n) is 35.6. The number of methoxy groups -OCH3 is 2. The van der Waals surface area contributed by atoms with Gasteiger partial charge in [0.15, 0.2) is 17.0 Å². The van der Waals surface area contributed by atoms with E-state index in [-0.39, 0.29) is 23.4 Å². The van der Waals surface area contributed by atoms with Crippen LogP contribution in [-0.2, 0) is 35.9 Å². The molecule has 0 unspecified atom stereocenters. The fourth-order valence-corrected chi connectivity index (χ4v) is 16.5. The van der Waals surface area contributed by atoms with Gasteiger partial charge in [-0.05, 0) is 104 Å². The lowest BCUT2D eigenvalue weighted by atomic mass is 9.77. The van der Waals surface area contributed by atoms with Crippen LogP contribution in [0.25, 0.3) is 11.2 Å². The maximum absolute atomic E-state index is 13.2. The Hall–Kier alpha value is -4.92. The molecule has 0 spiro atoms. The maximum atomic E-state index is 13.2. The first-order valence-corrected chi connectivity index (χ1v) is 25.1. The van der Waals surface area contributed by atoms with E-state index in [0.29, 0.717) is 34.9 Å². The highest BCUT2D eigenvalue weighted by molar-refractivity contribution is 8.68. The van der Waals surface area contributed by atoms with Crippen molar-refractivity contribution in [1.82, 2.24) is 19.5 Å². The number of ether oxygens (including phenoxy) is 4. The van der Waals surface area contributed by atoms with Crippen molar-refractivity contribution in [2.45, 2.75) is 74.4 Å². The van der Waals surface area contributed by atoms with Gasteiger partial charge < -0.3 is 33.3 Å². The Balaban J connectivity index is 1.08. The van der Waals surface area contributed by atoms with Crippen molar-refractivity contribution in [2.75, 3.05) is 26.1 Å². The molecule has 6 aromatic rings. The summed E-state index contributed by atoms with van der Waals surface area (Å²) >= 11 is 8.08. The molecule has 1 amide bonds. The average molecular weight is 904 g/mol. The predicted molar refractivity (Wildman–Crippen MR) is 249 cm³/mol. The largest absolute Gasteiger partial charge is 0.497 e. The van der Waals surface area contributed by atoms with E-state index in [2.05, 4.69) is 52.8 Å². The van der Waals surface area contributed by atoms with E-state index in [4.69, 9.17) is 39.8 Å². The lowest BCUT2D eigenvalue weighted by Gasteiger charge is -2.37. The Bertz CT molecular complexity index is 2590. The van der Waals surface area contributed by atoms with Crippen LogP contribution in [-0.4, -0.2) is 69.3 Å². The summed E-state index contributed by atoms with van der Waals surface area (Å²) in [7, 11) is 3.30. The monoisotopic (exact) mass is 903 g/mol. The molecule has 9 rings (SSSR count). The summed E-state index contributed by atoms with van der Waals surface area (Å²) in [6.45, 7) is 8.72. The number of carbonyl (C=O) groups is 1. The van der Waals surface area contributed by atoms with E-state index in [9.17, 15) is 4.79 Å². The number of amides is 1. The lowest BCUT2D eigenvalue weighted by molar-refractivity contribution is -0.0903. The second-order valence-electron chi connectivity index (χ2n) is 16.5. The highest BCUT2D eigenvalue weighted by Gasteiger charge is 2.55. The number of rotatable bonds is 14. The van der Waals surface area contributed by atoms with Crippen molar-refractivity contribution >= 4 is 51.8 Å². The van der Waals surface area contributed by atoms with Crippen LogP contribution >= 0.6 is 17.1 Å². The van der Waals surface area contributed by atoms with Gasteiger partial charge in [0.25, 0.3) is 5.91 Å². The minimum atomic E-state index is -2.89. The topological polar surface area (TPSA) is 128 Å². The van der Waals surface area contributed by atoms with Crippen LogP contribution in [0.4, 0.5) is 5.82 Å². The number of imidazole rings is 1. The maximum Gasteiger partial charge on any atom is 0.256 e. The lowest BCUT2D eigenvalue weighted by Crippen LogP contribution is -2.39. The molecule has 4 aromatic carbocycles. The van der Waals surface area contributed by atoms with Gasteiger partial charge >= 0.3 is 0 Å². The van der Waals surface area contributed by atoms with Crippen molar-refractivity contribution in [1.29, 1.82) is 0 Å². The number of allylic oxidation sites excluding steroid dienone is 1. The SMILES string of the molecule is C=C(C)[C@@H]1CC[C@]2(C)S[P@](=S)(O[C@H]3C[C@H](n4cnc5c(NC(=O)c6ccccc6)ncnc54)O[C@@H]3COC(c3ccccc3)(c3ccc(OC)cc3)c3ccc(OC)cc3)O[C@H]2C1. The van der Waals surface area contributed by atoms with Gasteiger partial charge in [0.1, 0.15) is 35.8 Å². The van der Waals surface area contributed by atoms with Crippen LogP contribution in [0.2, 0.25) is 0 Å². The highest BCUT2D eigenvalue weighted by Crippen LogP contribution is 2.76. The van der Waals surface area contributed by atoms with E-state index in [1.807, 2.05) is 89.5 Å². The summed E-state index contributed by atoms with van der Waals surface area (Å²) in [5.74, 6) is 1.82. The molecule has 2 saturated heterocycles. The average Bonchev–Trinajstić information content (AvgIpc) is 4.00. The molecule has 3 fully saturated rings. The molecule has 63 heavy (non-hydrogen) atoms. The molecule has 15 heteroatoms. The van der Waals surface area contributed by atoms with E-state index in [1.54, 1.807) is 44.1 Å². The number of hydrogen-bond donors (Lipinski definition) is 1. The van der Waals surface area contributed by atoms with Gasteiger partial charge in [-0.1, -0.05) is 96.3 Å². The molecular weight excluding hydrogens is 854 g/mol. The zero-order chi connectivity index (χ0) is 43.8. The molecule has 1 saturated carbocycles. The van der Waals surface area contributed by atoms with E-state index < -0.39 is 29.7 Å². The molecule has 326 valence electrons. The Morgan fingerprint density at radius 3 is 2.19 bits per heavy atom. The molecule has 1 aliphatic carbocycles. The Labute approximate surface area is 376 Å². The molecule has 2 aliphatic heterocycles. The standard InChI is InChI=1S/C48H50N5O7PS2/c1-31(2)33-24-25-47(3)41(26-33)60-61(62,63-47)59-39-27-42(53-30-51-43-44(49-29-50-45(43)53)52-46(54)32-12-8-6-9-13-32)58-40(39)28-57-48(34-14-10-7-11-15-34,35-16-20-37(55-4)21-17-35)36-18-22-38(56-5)23-19-36/h6-23,29-30,33,39-42H,1,24-28H2,2-5H3,(H,49,50,52,54)/t33-,39+,40-,41+,42-,47+,61-/m1/s1. The number of fused-ring (bicyclic) bond motifs is 2. The fourth-order valence-electron chi connectivity index (χ4n) is 8.94. The van der Waals surface area contributed by atoms with E-state index in [0.717, 1.165) is 47.5 Å². The van der Waals surface area contributed by atoms with Crippen molar-refractivity contribution in [3.8, 4) is 11.5 Å². The number of aromatic nitrogens is 4. The molecule has 12 nitrogen and oxygen atoms in total. The molecule has 0 radical (unpaired) electrons. The van der Waals surface area contributed by atoms with Crippen LogP contribution < -0.4 is 14.8 Å². The summed E-state index contributed by atoms with van der Waals surface area (Å²) in [4.78, 5) is 26.9. The van der Waals surface area contributed by atoms with Gasteiger partial charge in [-0.15, -0.1) is 0 Å². The van der Waals surface area contributed by atoms with E-state index >= 15 is 0 Å². The number of nitrogens with one attached hydrogen (secondary N) is 1. The molecule has 3 aliphatic rings. The number of nitrogens with zero attached hydrogens (tertiary/aromatic N) is 4. The van der Waals surface area contributed by atoms with Gasteiger partial charge in [-0.3, -0.25) is 9.36 Å². The van der Waals surface area contributed by atoms with Crippen molar-refractivity contribution in [2.24, 2.45) is 5.92 Å². The number of benzene rings is 4. The quantitative estimate of drug-likeness (QED) is 0.0635. The first-order chi connectivity index (χ1) is 30.5. The second-order valence-corrected chi connectivity index (χ2v) is 23.0. The van der Waals surface area contributed by atoms with Crippen LogP contribution in [0, 0.1) is 5.92 Å².